The first kappa shape index (κ1) is 35.9. The summed E-state index contributed by atoms with van der Waals surface area (Å²) < 4.78 is 4.83. The summed E-state index contributed by atoms with van der Waals surface area (Å²) in [5, 5.41) is 4.95. The molecule has 0 spiro atoms. The highest BCUT2D eigenvalue weighted by Gasteiger charge is 2.20. The molecule has 290 valence electrons. The van der Waals surface area contributed by atoms with Crippen LogP contribution in [0.2, 0.25) is 0 Å². The van der Waals surface area contributed by atoms with E-state index in [2.05, 4.69) is 199 Å². The Balaban J connectivity index is 0.989. The van der Waals surface area contributed by atoms with Crippen molar-refractivity contribution in [1.29, 1.82) is 0 Å². The van der Waals surface area contributed by atoms with Crippen molar-refractivity contribution in [3.05, 3.63) is 218 Å². The second kappa shape index (κ2) is 14.9. The van der Waals surface area contributed by atoms with Crippen LogP contribution in [0.5, 0.6) is 0 Å². The average Bonchev–Trinajstić information content (AvgIpc) is 3.90. The van der Waals surface area contributed by atoms with E-state index in [-0.39, 0.29) is 0 Å². The minimum atomic E-state index is 0.644. The summed E-state index contributed by atoms with van der Waals surface area (Å²) in [7, 11) is 0. The van der Waals surface area contributed by atoms with E-state index in [4.69, 9.17) is 15.0 Å². The van der Waals surface area contributed by atoms with Gasteiger partial charge in [0.1, 0.15) is 0 Å². The van der Waals surface area contributed by atoms with E-state index in [1.807, 2.05) is 35.6 Å². The predicted octanol–water partition coefficient (Wildman–Crippen LogP) is 15.3. The Morgan fingerprint density at radius 3 is 1.55 bits per heavy atom. The molecule has 0 aliphatic rings. The van der Waals surface area contributed by atoms with E-state index in [9.17, 15) is 0 Å². The number of aromatic nitrogens is 4. The summed E-state index contributed by atoms with van der Waals surface area (Å²) in [5.41, 5.74) is 13.6. The molecule has 0 bridgehead atoms. The Morgan fingerprint density at radius 2 is 0.806 bits per heavy atom. The van der Waals surface area contributed by atoms with Crippen molar-refractivity contribution in [2.45, 2.75) is 0 Å². The van der Waals surface area contributed by atoms with Crippen molar-refractivity contribution in [2.24, 2.45) is 0 Å². The van der Waals surface area contributed by atoms with Gasteiger partial charge in [-0.3, -0.25) is 0 Å². The first-order chi connectivity index (χ1) is 30.7. The van der Waals surface area contributed by atoms with Gasteiger partial charge in [0.05, 0.1) is 11.0 Å². The molecule has 0 aliphatic carbocycles. The fourth-order valence-electron chi connectivity index (χ4n) is 8.99. The van der Waals surface area contributed by atoms with Gasteiger partial charge in [-0.1, -0.05) is 188 Å². The molecule has 0 atom stereocenters. The number of fused-ring (bicyclic) bond motifs is 6. The molecular formula is C57H36N4S. The molecule has 0 radical (unpaired) electrons. The molecule has 12 aromatic rings. The third kappa shape index (κ3) is 6.09. The zero-order valence-electron chi connectivity index (χ0n) is 33.5. The van der Waals surface area contributed by atoms with Crippen LogP contribution in [0.1, 0.15) is 0 Å². The van der Waals surface area contributed by atoms with E-state index in [1.54, 1.807) is 0 Å². The van der Waals surface area contributed by atoms with Gasteiger partial charge in [-0.25, -0.2) is 15.0 Å². The van der Waals surface area contributed by atoms with E-state index in [0.29, 0.717) is 17.5 Å². The van der Waals surface area contributed by atoms with Crippen molar-refractivity contribution in [3.63, 3.8) is 0 Å². The van der Waals surface area contributed by atoms with Gasteiger partial charge in [-0.2, -0.15) is 0 Å². The standard InChI is InChI=1S/C57H36N4S/c1-4-16-37(17-5-1)38-30-32-40(33-31-38)56-58-55(39-18-6-2-7-19-39)59-57(60-56)41-34-35-45-48-27-14-26-47(54(48)62-52(45)36-41)44-23-11-10-22-43(44)46-25-15-29-51-53(46)49-24-12-13-28-50(49)61(51)42-20-8-3-9-21-42/h1-36H. The van der Waals surface area contributed by atoms with E-state index < -0.39 is 0 Å². The monoisotopic (exact) mass is 808 g/mol. The van der Waals surface area contributed by atoms with Crippen LogP contribution >= 0.6 is 11.3 Å². The van der Waals surface area contributed by atoms with Crippen molar-refractivity contribution >= 4 is 53.3 Å². The predicted molar refractivity (Wildman–Crippen MR) is 260 cm³/mol. The molecule has 0 unspecified atom stereocenters. The minimum absolute atomic E-state index is 0.644. The van der Waals surface area contributed by atoms with Gasteiger partial charge in [0.2, 0.25) is 0 Å². The fourth-order valence-corrected chi connectivity index (χ4v) is 10.3. The number of benzene rings is 9. The van der Waals surface area contributed by atoms with Crippen LogP contribution in [0.3, 0.4) is 0 Å². The minimum Gasteiger partial charge on any atom is -0.309 e. The second-order valence-corrected chi connectivity index (χ2v) is 16.6. The molecule has 0 saturated heterocycles. The van der Waals surface area contributed by atoms with Crippen LogP contribution in [0, 0.1) is 0 Å². The molecule has 0 fully saturated rings. The highest BCUT2D eigenvalue weighted by molar-refractivity contribution is 7.26. The SMILES string of the molecule is c1ccc(-c2ccc(-c3nc(-c4ccccc4)nc(-c4ccc5c(c4)sc4c(-c6ccccc6-c6cccc7c6c6ccccc6n7-c6ccccc6)cccc45)n3)cc2)cc1. The van der Waals surface area contributed by atoms with Crippen LogP contribution in [0.25, 0.3) is 115 Å². The van der Waals surface area contributed by atoms with Gasteiger partial charge >= 0.3 is 0 Å². The van der Waals surface area contributed by atoms with Crippen molar-refractivity contribution in [1.82, 2.24) is 19.5 Å². The Kier molecular flexibility index (Phi) is 8.65. The normalized spacial score (nSPS) is 11.5. The molecule has 4 nitrogen and oxygen atoms in total. The summed E-state index contributed by atoms with van der Waals surface area (Å²) in [6.45, 7) is 0. The number of nitrogens with zero attached hydrogens (tertiary/aromatic N) is 4. The van der Waals surface area contributed by atoms with Crippen LogP contribution in [0.15, 0.2) is 218 Å². The second-order valence-electron chi connectivity index (χ2n) is 15.5. The molecule has 62 heavy (non-hydrogen) atoms. The third-order valence-corrected chi connectivity index (χ3v) is 13.1. The van der Waals surface area contributed by atoms with Crippen LogP contribution in [-0.4, -0.2) is 19.5 Å². The zero-order chi connectivity index (χ0) is 41.0. The van der Waals surface area contributed by atoms with Gasteiger partial charge < -0.3 is 4.57 Å². The number of hydrogen-bond acceptors (Lipinski definition) is 4. The summed E-state index contributed by atoms with van der Waals surface area (Å²) >= 11 is 1.83. The topological polar surface area (TPSA) is 43.6 Å². The Labute approximate surface area is 362 Å². The lowest BCUT2D eigenvalue weighted by Gasteiger charge is -2.13. The lowest BCUT2D eigenvalue weighted by Crippen LogP contribution is -2.00. The third-order valence-electron chi connectivity index (χ3n) is 11.9. The molecule has 0 amide bonds. The van der Waals surface area contributed by atoms with Gasteiger partial charge in [-0.15, -0.1) is 11.3 Å². The Bertz CT molecular complexity index is 3610. The largest absolute Gasteiger partial charge is 0.309 e. The van der Waals surface area contributed by atoms with Crippen LogP contribution in [0.4, 0.5) is 0 Å². The fraction of sp³-hybridized carbons (Fsp3) is 0. The molecule has 0 saturated carbocycles. The van der Waals surface area contributed by atoms with Gasteiger partial charge in [0.15, 0.2) is 17.5 Å². The Morgan fingerprint density at radius 1 is 0.323 bits per heavy atom. The lowest BCUT2D eigenvalue weighted by molar-refractivity contribution is 1.07. The zero-order valence-corrected chi connectivity index (χ0v) is 34.3. The number of para-hydroxylation sites is 2. The summed E-state index contributed by atoms with van der Waals surface area (Å²) in [5.74, 6) is 1.94. The molecule has 0 N–H and O–H groups in total. The van der Waals surface area contributed by atoms with E-state index >= 15 is 0 Å². The number of hydrogen-bond donors (Lipinski definition) is 0. The van der Waals surface area contributed by atoms with Crippen molar-refractivity contribution < 1.29 is 0 Å². The first-order valence-corrected chi connectivity index (χ1v) is 21.7. The van der Waals surface area contributed by atoms with E-state index in [0.717, 1.165) is 27.9 Å². The molecule has 3 heterocycles. The van der Waals surface area contributed by atoms with Crippen LogP contribution in [-0.2, 0) is 0 Å². The molecule has 12 rings (SSSR count). The number of thiophene rings is 1. The van der Waals surface area contributed by atoms with Gasteiger partial charge in [-0.05, 0) is 58.1 Å². The molecule has 3 aromatic heterocycles. The number of rotatable bonds is 7. The molecule has 0 aliphatic heterocycles. The maximum atomic E-state index is 5.12. The van der Waals surface area contributed by atoms with Crippen LogP contribution < -0.4 is 0 Å². The van der Waals surface area contributed by atoms with Crippen molar-refractivity contribution in [2.75, 3.05) is 0 Å². The smallest absolute Gasteiger partial charge is 0.164 e. The quantitative estimate of drug-likeness (QED) is 0.161. The lowest BCUT2D eigenvalue weighted by atomic mass is 9.91. The molecule has 5 heteroatoms. The van der Waals surface area contributed by atoms with Gasteiger partial charge in [0.25, 0.3) is 0 Å². The highest BCUT2D eigenvalue weighted by Crippen LogP contribution is 2.46. The summed E-state index contributed by atoms with van der Waals surface area (Å²) in [6, 6.07) is 77.5. The van der Waals surface area contributed by atoms with Crippen molar-refractivity contribution in [3.8, 4) is 73.2 Å². The molecular weight excluding hydrogens is 773 g/mol. The maximum absolute atomic E-state index is 5.12. The van der Waals surface area contributed by atoms with Gasteiger partial charge in [0, 0.05) is 58.9 Å². The summed E-state index contributed by atoms with van der Waals surface area (Å²) in [4.78, 5) is 15.2. The molecule has 9 aromatic carbocycles. The average molecular weight is 809 g/mol. The maximum Gasteiger partial charge on any atom is 0.164 e. The Hall–Kier alpha value is -7.99. The van der Waals surface area contributed by atoms with E-state index in [1.165, 1.54) is 69.8 Å². The summed E-state index contributed by atoms with van der Waals surface area (Å²) in [6.07, 6.45) is 0. The highest BCUT2D eigenvalue weighted by atomic mass is 32.1. The first-order valence-electron chi connectivity index (χ1n) is 20.9.